The molecule has 33 heavy (non-hydrogen) atoms. The van der Waals surface area contributed by atoms with Crippen LogP contribution in [0.3, 0.4) is 0 Å². The number of ether oxygens (including phenoxy) is 1. The number of fused-ring (bicyclic) bond motifs is 1. The van der Waals surface area contributed by atoms with Crippen LogP contribution in [0.5, 0.6) is 5.75 Å². The first kappa shape index (κ1) is 23.0. The fraction of sp³-hybridized carbons (Fsp3) is 0.130. The smallest absolute Gasteiger partial charge is 0.259 e. The van der Waals surface area contributed by atoms with Gasteiger partial charge in [0.15, 0.2) is 9.49 Å². The van der Waals surface area contributed by atoms with Crippen molar-refractivity contribution in [1.82, 2.24) is 9.97 Å². The first-order valence-electron chi connectivity index (χ1n) is 9.83. The molecule has 0 saturated carbocycles. The van der Waals surface area contributed by atoms with Crippen molar-refractivity contribution in [3.05, 3.63) is 71.0 Å². The van der Waals surface area contributed by atoms with Crippen molar-refractivity contribution in [2.45, 2.75) is 11.3 Å². The van der Waals surface area contributed by atoms with E-state index in [0.717, 1.165) is 20.1 Å². The van der Waals surface area contributed by atoms with Gasteiger partial charge in [-0.05, 0) is 48.9 Å². The molecular formula is C23H19ClN4O3S2. The lowest BCUT2D eigenvalue weighted by molar-refractivity contribution is -0.113. The summed E-state index contributed by atoms with van der Waals surface area (Å²) < 4.78 is 6.92. The minimum absolute atomic E-state index is 0.182. The second-order valence-corrected chi connectivity index (χ2v) is 9.56. The molecule has 10 heteroatoms. The summed E-state index contributed by atoms with van der Waals surface area (Å²) in [7, 11) is 1.53. The Morgan fingerprint density at radius 1 is 1.15 bits per heavy atom. The van der Waals surface area contributed by atoms with Gasteiger partial charge in [0.2, 0.25) is 5.91 Å². The normalized spacial score (nSPS) is 10.8. The topological polar surface area (TPSA) is 93.2 Å². The SMILES string of the molecule is COc1ccccc1C(=O)Nc1ccc2nc(SCC(=O)Nc3c(C)ccnc3Cl)sc2c1. The highest BCUT2D eigenvalue weighted by molar-refractivity contribution is 8.01. The van der Waals surface area contributed by atoms with Crippen molar-refractivity contribution in [3.63, 3.8) is 0 Å². The second-order valence-electron chi connectivity index (χ2n) is 6.95. The highest BCUT2D eigenvalue weighted by Gasteiger charge is 2.14. The molecule has 2 amide bonds. The fourth-order valence-corrected chi connectivity index (χ4v) is 5.21. The standard InChI is InChI=1S/C23H19ClN4O3S2/c1-13-9-10-25-21(24)20(13)28-19(29)12-32-23-27-16-8-7-14(11-18(16)33-23)26-22(30)15-5-3-4-6-17(15)31-2/h3-11H,12H2,1-2H3,(H,26,30)(H,28,29). The van der Waals surface area contributed by atoms with E-state index in [1.54, 1.807) is 36.5 Å². The number of anilines is 2. The number of nitrogens with one attached hydrogen (secondary N) is 2. The minimum atomic E-state index is -0.257. The summed E-state index contributed by atoms with van der Waals surface area (Å²) in [6, 6.07) is 14.3. The van der Waals surface area contributed by atoms with E-state index in [4.69, 9.17) is 16.3 Å². The van der Waals surface area contributed by atoms with E-state index in [1.807, 2.05) is 25.1 Å². The molecule has 2 heterocycles. The number of amides is 2. The van der Waals surface area contributed by atoms with Gasteiger partial charge >= 0.3 is 0 Å². The average Bonchev–Trinajstić information content (AvgIpc) is 3.22. The lowest BCUT2D eigenvalue weighted by atomic mass is 10.2. The molecule has 7 nitrogen and oxygen atoms in total. The van der Waals surface area contributed by atoms with Crippen LogP contribution in [0.2, 0.25) is 5.15 Å². The molecule has 4 aromatic rings. The van der Waals surface area contributed by atoms with Crippen molar-refractivity contribution in [1.29, 1.82) is 0 Å². The van der Waals surface area contributed by atoms with Crippen LogP contribution >= 0.6 is 34.7 Å². The van der Waals surface area contributed by atoms with Gasteiger partial charge in [0.05, 0.1) is 34.3 Å². The number of thiazole rings is 1. The van der Waals surface area contributed by atoms with Crippen LogP contribution in [0.4, 0.5) is 11.4 Å². The van der Waals surface area contributed by atoms with Gasteiger partial charge in [-0.15, -0.1) is 11.3 Å². The Morgan fingerprint density at radius 3 is 2.76 bits per heavy atom. The number of carbonyl (C=O) groups is 2. The highest BCUT2D eigenvalue weighted by atomic mass is 35.5. The number of benzene rings is 2. The Morgan fingerprint density at radius 2 is 1.97 bits per heavy atom. The van der Waals surface area contributed by atoms with E-state index in [2.05, 4.69) is 20.6 Å². The van der Waals surface area contributed by atoms with Gasteiger partial charge in [0.25, 0.3) is 5.91 Å². The Kier molecular flexibility index (Phi) is 7.12. The predicted octanol–water partition coefficient (Wildman–Crippen LogP) is 5.64. The quantitative estimate of drug-likeness (QED) is 0.253. The Balaban J connectivity index is 1.41. The summed E-state index contributed by atoms with van der Waals surface area (Å²) in [5, 5.41) is 5.96. The summed E-state index contributed by atoms with van der Waals surface area (Å²) in [5.41, 5.74) is 3.26. The van der Waals surface area contributed by atoms with Gasteiger partial charge < -0.3 is 15.4 Å². The number of para-hydroxylation sites is 1. The van der Waals surface area contributed by atoms with E-state index in [0.29, 0.717) is 22.7 Å². The molecule has 4 rings (SSSR count). The number of hydrogen-bond acceptors (Lipinski definition) is 7. The molecule has 0 atom stereocenters. The van der Waals surface area contributed by atoms with Crippen LogP contribution < -0.4 is 15.4 Å². The molecule has 0 bridgehead atoms. The first-order valence-corrected chi connectivity index (χ1v) is 12.0. The lowest BCUT2D eigenvalue weighted by Crippen LogP contribution is -2.15. The minimum Gasteiger partial charge on any atom is -0.496 e. The molecule has 0 unspecified atom stereocenters. The number of halogens is 1. The summed E-state index contributed by atoms with van der Waals surface area (Å²) in [6.07, 6.45) is 1.59. The first-order chi connectivity index (χ1) is 15.9. The molecule has 0 aliphatic rings. The zero-order chi connectivity index (χ0) is 23.4. The molecular weight excluding hydrogens is 480 g/mol. The Labute approximate surface area is 203 Å². The molecule has 0 fully saturated rings. The number of nitrogens with zero attached hydrogens (tertiary/aromatic N) is 2. The molecule has 0 aliphatic carbocycles. The molecule has 2 N–H and O–H groups in total. The van der Waals surface area contributed by atoms with Crippen molar-refractivity contribution >= 4 is 68.1 Å². The summed E-state index contributed by atoms with van der Waals surface area (Å²) in [6.45, 7) is 1.86. The molecule has 0 radical (unpaired) electrons. The van der Waals surface area contributed by atoms with Crippen LogP contribution in [-0.2, 0) is 4.79 Å². The van der Waals surface area contributed by atoms with E-state index in [9.17, 15) is 9.59 Å². The van der Waals surface area contributed by atoms with Crippen molar-refractivity contribution in [3.8, 4) is 5.75 Å². The van der Waals surface area contributed by atoms with Crippen LogP contribution in [0.25, 0.3) is 10.2 Å². The highest BCUT2D eigenvalue weighted by Crippen LogP contribution is 2.32. The van der Waals surface area contributed by atoms with Gasteiger partial charge in [-0.1, -0.05) is 35.5 Å². The van der Waals surface area contributed by atoms with Gasteiger partial charge in [-0.3, -0.25) is 9.59 Å². The molecule has 0 spiro atoms. The zero-order valence-corrected chi connectivity index (χ0v) is 20.1. The third kappa shape index (κ3) is 5.44. The summed E-state index contributed by atoms with van der Waals surface area (Å²) >= 11 is 8.86. The number of aromatic nitrogens is 2. The number of carbonyl (C=O) groups excluding carboxylic acids is 2. The number of aryl methyl sites for hydroxylation is 1. The zero-order valence-electron chi connectivity index (χ0n) is 17.7. The van der Waals surface area contributed by atoms with Gasteiger partial charge in [0.1, 0.15) is 5.75 Å². The number of rotatable bonds is 7. The predicted molar refractivity (Wildman–Crippen MR) is 134 cm³/mol. The maximum absolute atomic E-state index is 12.6. The van der Waals surface area contributed by atoms with Crippen molar-refractivity contribution in [2.75, 3.05) is 23.5 Å². The Hall–Kier alpha value is -3.14. The van der Waals surface area contributed by atoms with E-state index < -0.39 is 0 Å². The number of hydrogen-bond donors (Lipinski definition) is 2. The molecule has 2 aromatic heterocycles. The van der Waals surface area contributed by atoms with Crippen molar-refractivity contribution < 1.29 is 14.3 Å². The molecule has 0 aliphatic heterocycles. The van der Waals surface area contributed by atoms with Crippen molar-refractivity contribution in [2.24, 2.45) is 0 Å². The van der Waals surface area contributed by atoms with Crippen LogP contribution in [0, 0.1) is 6.92 Å². The molecule has 2 aromatic carbocycles. The summed E-state index contributed by atoms with van der Waals surface area (Å²) in [5.74, 6) is 0.240. The number of methoxy groups -OCH3 is 1. The Bertz CT molecular complexity index is 1320. The maximum Gasteiger partial charge on any atom is 0.259 e. The largest absolute Gasteiger partial charge is 0.496 e. The maximum atomic E-state index is 12.6. The van der Waals surface area contributed by atoms with Gasteiger partial charge in [-0.25, -0.2) is 9.97 Å². The number of thioether (sulfide) groups is 1. The third-order valence-corrected chi connectivity index (χ3v) is 7.13. The lowest BCUT2D eigenvalue weighted by Gasteiger charge is -2.09. The van der Waals surface area contributed by atoms with Crippen LogP contribution in [0.15, 0.2) is 59.1 Å². The van der Waals surface area contributed by atoms with E-state index >= 15 is 0 Å². The van der Waals surface area contributed by atoms with Gasteiger partial charge in [-0.2, -0.15) is 0 Å². The van der Waals surface area contributed by atoms with E-state index in [-0.39, 0.29) is 22.7 Å². The van der Waals surface area contributed by atoms with Crippen LogP contribution in [-0.4, -0.2) is 34.6 Å². The second kappa shape index (κ2) is 10.2. The van der Waals surface area contributed by atoms with Crippen LogP contribution in [0.1, 0.15) is 15.9 Å². The van der Waals surface area contributed by atoms with E-state index in [1.165, 1.54) is 30.2 Å². The number of pyridine rings is 1. The monoisotopic (exact) mass is 498 g/mol. The third-order valence-electron chi connectivity index (χ3n) is 4.68. The molecule has 0 saturated heterocycles. The summed E-state index contributed by atoms with van der Waals surface area (Å²) in [4.78, 5) is 33.6. The average molecular weight is 499 g/mol. The van der Waals surface area contributed by atoms with Gasteiger partial charge in [0, 0.05) is 11.9 Å². The molecule has 168 valence electrons. The fourth-order valence-electron chi connectivity index (χ4n) is 3.05.